The van der Waals surface area contributed by atoms with Gasteiger partial charge in [-0.3, -0.25) is 4.79 Å². The van der Waals surface area contributed by atoms with Crippen LogP contribution in [-0.2, 0) is 6.18 Å². The Kier molecular flexibility index (Phi) is 6.48. The minimum absolute atomic E-state index is 0.0943. The van der Waals surface area contributed by atoms with Gasteiger partial charge in [0.25, 0.3) is 11.8 Å². The van der Waals surface area contributed by atoms with Crippen LogP contribution >= 0.6 is 11.6 Å². The number of carbonyl (C=O) groups excluding carboxylic acids is 1. The molecule has 2 aromatic carbocycles. The third kappa shape index (κ3) is 5.40. The average Bonchev–Trinajstić information content (AvgIpc) is 2.80. The molecule has 0 spiro atoms. The lowest BCUT2D eigenvalue weighted by Gasteiger charge is -2.32. The SMILES string of the molecule is CN1CCN(C(=O)c2nnc(-c3cccc(C(F)(F)F)c3)nc2Oc2ccc(Cl)cc2)CC1. The van der Waals surface area contributed by atoms with E-state index in [1.807, 2.05) is 7.05 Å². The van der Waals surface area contributed by atoms with Crippen molar-refractivity contribution in [3.63, 3.8) is 0 Å². The normalized spacial score (nSPS) is 14.9. The van der Waals surface area contributed by atoms with Crippen LogP contribution in [0.15, 0.2) is 48.5 Å². The van der Waals surface area contributed by atoms with Crippen molar-refractivity contribution in [3.8, 4) is 23.0 Å². The third-order valence-corrected chi connectivity index (χ3v) is 5.38. The van der Waals surface area contributed by atoms with Crippen molar-refractivity contribution in [2.24, 2.45) is 0 Å². The van der Waals surface area contributed by atoms with Gasteiger partial charge in [0.05, 0.1) is 5.56 Å². The zero-order chi connectivity index (χ0) is 23.6. The number of carbonyl (C=O) groups is 1. The lowest BCUT2D eigenvalue weighted by atomic mass is 10.1. The molecular formula is C22H19ClF3N5O2. The van der Waals surface area contributed by atoms with Crippen molar-refractivity contribution in [2.75, 3.05) is 33.2 Å². The fraction of sp³-hybridized carbons (Fsp3) is 0.273. The third-order valence-electron chi connectivity index (χ3n) is 5.12. The topological polar surface area (TPSA) is 71.5 Å². The highest BCUT2D eigenvalue weighted by molar-refractivity contribution is 6.30. The Morgan fingerprint density at radius 2 is 1.73 bits per heavy atom. The van der Waals surface area contributed by atoms with E-state index in [9.17, 15) is 18.0 Å². The molecule has 172 valence electrons. The van der Waals surface area contributed by atoms with E-state index in [2.05, 4.69) is 20.1 Å². The quantitative estimate of drug-likeness (QED) is 0.555. The predicted molar refractivity (Wildman–Crippen MR) is 115 cm³/mol. The number of nitrogens with zero attached hydrogens (tertiary/aromatic N) is 5. The molecule has 33 heavy (non-hydrogen) atoms. The molecule has 1 saturated heterocycles. The second-order valence-corrected chi connectivity index (χ2v) is 7.96. The second-order valence-electron chi connectivity index (χ2n) is 7.52. The Morgan fingerprint density at radius 3 is 2.39 bits per heavy atom. The standard InChI is InChI=1S/C22H19ClF3N5O2/c1-30-9-11-31(12-10-30)21(32)18-20(33-17-7-5-16(23)6-8-17)27-19(29-28-18)14-3-2-4-15(13-14)22(24,25)26/h2-8,13H,9-12H2,1H3. The van der Waals surface area contributed by atoms with Crippen LogP contribution in [-0.4, -0.2) is 64.1 Å². The van der Waals surface area contributed by atoms with Crippen LogP contribution in [0.1, 0.15) is 16.1 Å². The predicted octanol–water partition coefficient (Wildman–Crippen LogP) is 4.39. The average molecular weight is 478 g/mol. The summed E-state index contributed by atoms with van der Waals surface area (Å²) in [6.45, 7) is 2.38. The summed E-state index contributed by atoms with van der Waals surface area (Å²) in [4.78, 5) is 21.1. The van der Waals surface area contributed by atoms with Crippen molar-refractivity contribution in [3.05, 3.63) is 64.8 Å². The molecule has 0 aliphatic carbocycles. The first-order chi connectivity index (χ1) is 15.7. The number of benzene rings is 2. The zero-order valence-corrected chi connectivity index (χ0v) is 18.3. The summed E-state index contributed by atoms with van der Waals surface area (Å²) < 4.78 is 45.2. The number of halogens is 4. The van der Waals surface area contributed by atoms with Gasteiger partial charge >= 0.3 is 6.18 Å². The molecule has 7 nitrogen and oxygen atoms in total. The van der Waals surface area contributed by atoms with Crippen LogP contribution in [0.3, 0.4) is 0 Å². The number of likely N-dealkylation sites (N-methyl/N-ethyl adjacent to an activating group) is 1. The summed E-state index contributed by atoms with van der Waals surface area (Å²) in [5, 5.41) is 8.42. The maximum Gasteiger partial charge on any atom is 0.416 e. The Labute approximate surface area is 192 Å². The number of piperazine rings is 1. The van der Waals surface area contributed by atoms with E-state index in [1.165, 1.54) is 12.1 Å². The number of ether oxygens (including phenoxy) is 1. The largest absolute Gasteiger partial charge is 0.437 e. The van der Waals surface area contributed by atoms with Crippen molar-refractivity contribution in [2.45, 2.75) is 6.18 Å². The van der Waals surface area contributed by atoms with Gasteiger partial charge in [0.15, 0.2) is 5.82 Å². The number of rotatable bonds is 4. The van der Waals surface area contributed by atoms with Gasteiger partial charge in [-0.25, -0.2) is 0 Å². The number of amides is 1. The Hall–Kier alpha value is -3.24. The second kappa shape index (κ2) is 9.32. The maximum absolute atomic E-state index is 13.1. The molecule has 1 aromatic heterocycles. The summed E-state index contributed by atoms with van der Waals surface area (Å²) in [5.74, 6) is -0.325. The highest BCUT2D eigenvalue weighted by Crippen LogP contribution is 2.32. The van der Waals surface area contributed by atoms with Crippen LogP contribution in [0.5, 0.6) is 11.6 Å². The molecule has 0 unspecified atom stereocenters. The van der Waals surface area contributed by atoms with E-state index < -0.39 is 17.6 Å². The summed E-state index contributed by atoms with van der Waals surface area (Å²) in [6, 6.07) is 10.9. The van der Waals surface area contributed by atoms with Crippen molar-refractivity contribution in [1.82, 2.24) is 25.0 Å². The van der Waals surface area contributed by atoms with Gasteiger partial charge in [0.2, 0.25) is 5.69 Å². The number of hydrogen-bond donors (Lipinski definition) is 0. The van der Waals surface area contributed by atoms with Gasteiger partial charge in [-0.2, -0.15) is 18.2 Å². The van der Waals surface area contributed by atoms with Crippen LogP contribution in [0, 0.1) is 0 Å². The smallest absolute Gasteiger partial charge is 0.416 e. The molecule has 1 amide bonds. The minimum atomic E-state index is -4.52. The van der Waals surface area contributed by atoms with E-state index in [1.54, 1.807) is 29.2 Å². The van der Waals surface area contributed by atoms with Gasteiger partial charge in [0, 0.05) is 36.8 Å². The lowest BCUT2D eigenvalue weighted by molar-refractivity contribution is -0.137. The summed E-state index contributed by atoms with van der Waals surface area (Å²) in [5.41, 5.74) is -0.872. The van der Waals surface area contributed by atoms with Crippen molar-refractivity contribution >= 4 is 17.5 Å². The van der Waals surface area contributed by atoms with E-state index in [-0.39, 0.29) is 23.0 Å². The lowest BCUT2D eigenvalue weighted by Crippen LogP contribution is -2.47. The maximum atomic E-state index is 13.1. The molecule has 0 bridgehead atoms. The molecular weight excluding hydrogens is 459 g/mol. The van der Waals surface area contributed by atoms with Gasteiger partial charge < -0.3 is 14.5 Å². The molecule has 4 rings (SSSR count). The van der Waals surface area contributed by atoms with Crippen LogP contribution in [0.2, 0.25) is 5.02 Å². The summed E-state index contributed by atoms with van der Waals surface area (Å²) >= 11 is 5.92. The molecule has 2 heterocycles. The fourth-order valence-corrected chi connectivity index (χ4v) is 3.37. The summed E-state index contributed by atoms with van der Waals surface area (Å²) in [7, 11) is 1.96. The Morgan fingerprint density at radius 1 is 1.03 bits per heavy atom. The number of hydrogen-bond acceptors (Lipinski definition) is 6. The molecule has 3 aromatic rings. The van der Waals surface area contributed by atoms with Crippen molar-refractivity contribution < 1.29 is 22.7 Å². The van der Waals surface area contributed by atoms with Crippen LogP contribution in [0.25, 0.3) is 11.4 Å². The monoisotopic (exact) mass is 477 g/mol. The molecule has 1 aliphatic heterocycles. The molecule has 0 N–H and O–H groups in total. The molecule has 0 atom stereocenters. The van der Waals surface area contributed by atoms with E-state index in [0.717, 1.165) is 12.1 Å². The van der Waals surface area contributed by atoms with Crippen LogP contribution < -0.4 is 4.74 Å². The van der Waals surface area contributed by atoms with Gasteiger partial charge in [-0.15, -0.1) is 10.2 Å². The number of alkyl halides is 3. The highest BCUT2D eigenvalue weighted by Gasteiger charge is 2.31. The van der Waals surface area contributed by atoms with E-state index in [4.69, 9.17) is 16.3 Å². The van der Waals surface area contributed by atoms with E-state index >= 15 is 0 Å². The van der Waals surface area contributed by atoms with Gasteiger partial charge in [0.1, 0.15) is 5.75 Å². The Bertz CT molecular complexity index is 1150. The van der Waals surface area contributed by atoms with E-state index in [0.29, 0.717) is 37.0 Å². The Balaban J connectivity index is 1.72. The van der Waals surface area contributed by atoms with Gasteiger partial charge in [-0.05, 0) is 43.4 Å². The highest BCUT2D eigenvalue weighted by atomic mass is 35.5. The molecule has 1 aliphatic rings. The van der Waals surface area contributed by atoms with Crippen molar-refractivity contribution in [1.29, 1.82) is 0 Å². The zero-order valence-electron chi connectivity index (χ0n) is 17.5. The molecule has 11 heteroatoms. The molecule has 0 saturated carbocycles. The first-order valence-corrected chi connectivity index (χ1v) is 10.4. The fourth-order valence-electron chi connectivity index (χ4n) is 3.25. The first-order valence-electron chi connectivity index (χ1n) is 10.0. The van der Waals surface area contributed by atoms with Crippen LogP contribution in [0.4, 0.5) is 13.2 Å². The molecule has 1 fully saturated rings. The first kappa shape index (κ1) is 22.9. The number of aromatic nitrogens is 3. The van der Waals surface area contributed by atoms with Gasteiger partial charge in [-0.1, -0.05) is 23.7 Å². The molecule has 0 radical (unpaired) electrons. The minimum Gasteiger partial charge on any atom is -0.437 e. The summed E-state index contributed by atoms with van der Waals surface area (Å²) in [6.07, 6.45) is -4.52.